The van der Waals surface area contributed by atoms with Gasteiger partial charge in [0.2, 0.25) is 5.91 Å². The molecule has 3 fully saturated rings. The molecule has 0 spiro atoms. The van der Waals surface area contributed by atoms with E-state index < -0.39 is 12.0 Å². The van der Waals surface area contributed by atoms with Crippen LogP contribution in [0.2, 0.25) is 0 Å². The Bertz CT molecular complexity index is 568. The Hall–Kier alpha value is -1.22. The molecule has 3 rings (SSSR count). The van der Waals surface area contributed by atoms with Crippen LogP contribution >= 0.6 is 0 Å². The van der Waals surface area contributed by atoms with Crippen molar-refractivity contribution < 1.29 is 14.7 Å². The van der Waals surface area contributed by atoms with Crippen molar-refractivity contribution in [2.24, 2.45) is 29.4 Å². The standard InChI is InChI=1S/C24H45N5O3/c25-14-22(28-27-16-18-6-8-21(9-7-18)24(31)32)23(30)26-15-19-10-12-29(13-11-19)17-20-4-2-1-3-5-20/h18-22,27-28H,1-17,25H2,(H,26,30)(H,31,32). The summed E-state index contributed by atoms with van der Waals surface area (Å²) in [7, 11) is 0. The average molecular weight is 452 g/mol. The smallest absolute Gasteiger partial charge is 0.306 e. The zero-order valence-corrected chi connectivity index (χ0v) is 19.7. The molecule has 1 unspecified atom stereocenters. The van der Waals surface area contributed by atoms with Crippen molar-refractivity contribution in [1.29, 1.82) is 0 Å². The second-order valence-corrected chi connectivity index (χ2v) is 10.4. The highest BCUT2D eigenvalue weighted by atomic mass is 16.4. The summed E-state index contributed by atoms with van der Waals surface area (Å²) in [6, 6.07) is -0.447. The Morgan fingerprint density at radius 2 is 1.53 bits per heavy atom. The minimum absolute atomic E-state index is 0.0424. The van der Waals surface area contributed by atoms with E-state index in [0.717, 1.165) is 70.6 Å². The number of hydrogen-bond acceptors (Lipinski definition) is 6. The van der Waals surface area contributed by atoms with Crippen molar-refractivity contribution in [3.05, 3.63) is 0 Å². The SMILES string of the molecule is NCC(NNCC1CCC(C(=O)O)CC1)C(=O)NCC1CCN(CC2CCCCC2)CC1. The minimum atomic E-state index is -0.677. The predicted octanol–water partition coefficient (Wildman–Crippen LogP) is 1.71. The molecule has 1 amide bonds. The zero-order chi connectivity index (χ0) is 22.8. The van der Waals surface area contributed by atoms with E-state index in [9.17, 15) is 9.59 Å². The van der Waals surface area contributed by atoms with Crippen LogP contribution < -0.4 is 21.9 Å². The van der Waals surface area contributed by atoms with E-state index in [2.05, 4.69) is 21.1 Å². The second kappa shape index (κ2) is 13.5. The highest BCUT2D eigenvalue weighted by molar-refractivity contribution is 5.81. The van der Waals surface area contributed by atoms with E-state index >= 15 is 0 Å². The van der Waals surface area contributed by atoms with Crippen molar-refractivity contribution >= 4 is 11.9 Å². The molecule has 1 aliphatic heterocycles. The number of carbonyl (C=O) groups is 2. The van der Waals surface area contributed by atoms with Crippen molar-refractivity contribution in [3.8, 4) is 0 Å². The van der Waals surface area contributed by atoms with E-state index in [1.807, 2.05) is 0 Å². The molecule has 6 N–H and O–H groups in total. The van der Waals surface area contributed by atoms with E-state index in [1.165, 1.54) is 38.6 Å². The summed E-state index contributed by atoms with van der Waals surface area (Å²) in [6.45, 7) is 5.28. The lowest BCUT2D eigenvalue weighted by Gasteiger charge is -2.35. The molecule has 0 radical (unpaired) electrons. The van der Waals surface area contributed by atoms with Crippen molar-refractivity contribution in [2.45, 2.75) is 76.7 Å². The molecule has 0 bridgehead atoms. The van der Waals surface area contributed by atoms with E-state index in [1.54, 1.807) is 0 Å². The number of nitrogens with one attached hydrogen (secondary N) is 3. The van der Waals surface area contributed by atoms with Crippen LogP contribution in [0.5, 0.6) is 0 Å². The van der Waals surface area contributed by atoms with Gasteiger partial charge in [-0.3, -0.25) is 15.0 Å². The summed E-state index contributed by atoms with van der Waals surface area (Å²) < 4.78 is 0. The van der Waals surface area contributed by atoms with Gasteiger partial charge in [-0.1, -0.05) is 19.3 Å². The third-order valence-electron chi connectivity index (χ3n) is 7.93. The molecule has 1 heterocycles. The topological polar surface area (TPSA) is 120 Å². The van der Waals surface area contributed by atoms with Gasteiger partial charge >= 0.3 is 5.97 Å². The molecule has 0 aromatic rings. The number of nitrogens with zero attached hydrogens (tertiary/aromatic N) is 1. The van der Waals surface area contributed by atoms with Gasteiger partial charge in [0, 0.05) is 26.2 Å². The Morgan fingerprint density at radius 1 is 0.875 bits per heavy atom. The normalized spacial score (nSPS) is 27.2. The first-order chi connectivity index (χ1) is 15.5. The number of carboxylic acid groups (broad SMARTS) is 1. The molecule has 1 saturated heterocycles. The Kier molecular flexibility index (Phi) is 10.7. The fraction of sp³-hybridized carbons (Fsp3) is 0.917. The summed E-state index contributed by atoms with van der Waals surface area (Å²) >= 11 is 0. The fourth-order valence-corrected chi connectivity index (χ4v) is 5.65. The number of aliphatic carboxylic acids is 1. The van der Waals surface area contributed by atoms with Gasteiger partial charge in [-0.05, 0) is 82.2 Å². The van der Waals surface area contributed by atoms with Crippen molar-refractivity contribution in [2.75, 3.05) is 39.3 Å². The second-order valence-electron chi connectivity index (χ2n) is 10.4. The molecule has 3 aliphatic rings. The van der Waals surface area contributed by atoms with Crippen LogP contribution in [-0.2, 0) is 9.59 Å². The van der Waals surface area contributed by atoms with Gasteiger partial charge in [0.05, 0.1) is 5.92 Å². The summed E-state index contributed by atoms with van der Waals surface area (Å²) in [4.78, 5) is 26.3. The first-order valence-corrected chi connectivity index (χ1v) is 13.0. The molecule has 8 heteroatoms. The van der Waals surface area contributed by atoms with E-state index in [4.69, 9.17) is 10.8 Å². The van der Waals surface area contributed by atoms with Crippen molar-refractivity contribution in [3.63, 3.8) is 0 Å². The maximum atomic E-state index is 12.6. The summed E-state index contributed by atoms with van der Waals surface area (Å²) in [5.74, 6) is 0.983. The van der Waals surface area contributed by atoms with Gasteiger partial charge in [-0.2, -0.15) is 0 Å². The number of carboxylic acids is 1. The maximum Gasteiger partial charge on any atom is 0.306 e. The first kappa shape index (κ1) is 25.4. The number of amides is 1. The number of nitrogens with two attached hydrogens (primary N) is 1. The monoisotopic (exact) mass is 451 g/mol. The van der Waals surface area contributed by atoms with E-state index in [-0.39, 0.29) is 18.4 Å². The Balaban J connectivity index is 1.26. The summed E-state index contributed by atoms with van der Waals surface area (Å²) in [6.07, 6.45) is 12.6. The fourth-order valence-electron chi connectivity index (χ4n) is 5.65. The third-order valence-corrected chi connectivity index (χ3v) is 7.93. The molecular formula is C24H45N5O3. The molecular weight excluding hydrogens is 406 g/mol. The molecule has 32 heavy (non-hydrogen) atoms. The van der Waals surface area contributed by atoms with Gasteiger partial charge in [-0.25, -0.2) is 5.43 Å². The average Bonchev–Trinajstić information content (AvgIpc) is 2.82. The highest BCUT2D eigenvalue weighted by Crippen LogP contribution is 2.28. The lowest BCUT2D eigenvalue weighted by atomic mass is 9.82. The Morgan fingerprint density at radius 3 is 2.16 bits per heavy atom. The quantitative estimate of drug-likeness (QED) is 0.303. The first-order valence-electron chi connectivity index (χ1n) is 13.0. The van der Waals surface area contributed by atoms with Gasteiger partial charge < -0.3 is 21.1 Å². The van der Waals surface area contributed by atoms with Crippen LogP contribution in [0.25, 0.3) is 0 Å². The predicted molar refractivity (Wildman–Crippen MR) is 126 cm³/mol. The summed E-state index contributed by atoms with van der Waals surface area (Å²) in [5.41, 5.74) is 12.1. The molecule has 2 saturated carbocycles. The van der Waals surface area contributed by atoms with Crippen LogP contribution in [0.15, 0.2) is 0 Å². The molecule has 0 aromatic carbocycles. The van der Waals surface area contributed by atoms with Gasteiger partial charge in [-0.15, -0.1) is 0 Å². The Labute approximate surface area is 193 Å². The van der Waals surface area contributed by atoms with Crippen LogP contribution in [0.1, 0.15) is 70.6 Å². The lowest BCUT2D eigenvalue weighted by molar-refractivity contribution is -0.143. The van der Waals surface area contributed by atoms with Crippen LogP contribution in [0, 0.1) is 23.7 Å². The summed E-state index contributed by atoms with van der Waals surface area (Å²) in [5, 5.41) is 12.2. The minimum Gasteiger partial charge on any atom is -0.481 e. The lowest BCUT2D eigenvalue weighted by Crippen LogP contribution is -2.55. The molecule has 184 valence electrons. The van der Waals surface area contributed by atoms with Crippen LogP contribution in [0.3, 0.4) is 0 Å². The largest absolute Gasteiger partial charge is 0.481 e. The maximum absolute atomic E-state index is 12.6. The number of rotatable bonds is 11. The van der Waals surface area contributed by atoms with Gasteiger partial charge in [0.15, 0.2) is 0 Å². The number of piperidine rings is 1. The van der Waals surface area contributed by atoms with Crippen LogP contribution in [0.4, 0.5) is 0 Å². The van der Waals surface area contributed by atoms with E-state index in [0.29, 0.717) is 11.8 Å². The number of likely N-dealkylation sites (tertiary alicyclic amines) is 1. The number of hydrazine groups is 1. The zero-order valence-electron chi connectivity index (χ0n) is 19.7. The van der Waals surface area contributed by atoms with Gasteiger partial charge in [0.25, 0.3) is 0 Å². The van der Waals surface area contributed by atoms with Crippen molar-refractivity contribution in [1.82, 2.24) is 21.1 Å². The molecule has 1 atom stereocenters. The highest BCUT2D eigenvalue weighted by Gasteiger charge is 2.27. The number of hydrogen-bond donors (Lipinski definition) is 5. The molecule has 2 aliphatic carbocycles. The van der Waals surface area contributed by atoms with Gasteiger partial charge in [0.1, 0.15) is 6.04 Å². The number of carbonyl (C=O) groups excluding carboxylic acids is 1. The molecule has 0 aromatic heterocycles. The third kappa shape index (κ3) is 8.28. The molecule has 8 nitrogen and oxygen atoms in total. The van der Waals surface area contributed by atoms with Crippen LogP contribution in [-0.4, -0.2) is 67.2 Å².